The fourth-order valence-corrected chi connectivity index (χ4v) is 1.85. The van der Waals surface area contributed by atoms with Crippen LogP contribution in [0.1, 0.15) is 19.6 Å². The van der Waals surface area contributed by atoms with Crippen LogP contribution in [0, 0.1) is 5.92 Å². The zero-order valence-electron chi connectivity index (χ0n) is 12.0. The first-order chi connectivity index (χ1) is 8.63. The molecule has 0 aliphatic heterocycles. The van der Waals surface area contributed by atoms with Crippen LogP contribution in [0.25, 0.3) is 0 Å². The van der Waals surface area contributed by atoms with Gasteiger partial charge >= 0.3 is 0 Å². The Morgan fingerprint density at radius 1 is 1.39 bits per heavy atom. The number of furan rings is 1. The summed E-state index contributed by atoms with van der Waals surface area (Å²) in [4.78, 5) is 2.26. The maximum absolute atomic E-state index is 5.37. The number of rotatable bonds is 9. The monoisotopic (exact) mass is 254 g/mol. The van der Waals surface area contributed by atoms with Crippen LogP contribution in [0.15, 0.2) is 22.8 Å². The molecule has 104 valence electrons. The molecule has 0 radical (unpaired) electrons. The third kappa shape index (κ3) is 5.67. The topological polar surface area (TPSA) is 37.6 Å². The van der Waals surface area contributed by atoms with E-state index in [-0.39, 0.29) is 0 Å². The molecule has 0 aliphatic carbocycles. The van der Waals surface area contributed by atoms with Crippen molar-refractivity contribution in [3.05, 3.63) is 24.2 Å². The smallest absolute Gasteiger partial charge is 0.117 e. The summed E-state index contributed by atoms with van der Waals surface area (Å²) in [7, 11) is 3.85. The second-order valence-corrected chi connectivity index (χ2v) is 5.16. The molecule has 1 heterocycles. The van der Waals surface area contributed by atoms with Gasteiger partial charge in [-0.3, -0.25) is 4.90 Å². The van der Waals surface area contributed by atoms with Crippen LogP contribution >= 0.6 is 0 Å². The van der Waals surface area contributed by atoms with Crippen molar-refractivity contribution in [1.29, 1.82) is 0 Å². The molecule has 1 atom stereocenters. The molecule has 0 spiro atoms. The molecule has 0 amide bonds. The maximum Gasteiger partial charge on any atom is 0.117 e. The summed E-state index contributed by atoms with van der Waals surface area (Å²) >= 11 is 0. The van der Waals surface area contributed by atoms with Gasteiger partial charge in [-0.2, -0.15) is 0 Å². The lowest BCUT2D eigenvalue weighted by molar-refractivity contribution is 0.0968. The number of likely N-dealkylation sites (N-methyl/N-ethyl adjacent to an activating group) is 1. The fraction of sp³-hybridized carbons (Fsp3) is 0.714. The maximum atomic E-state index is 5.37. The van der Waals surface area contributed by atoms with Crippen molar-refractivity contribution in [2.75, 3.05) is 33.9 Å². The number of nitrogens with zero attached hydrogens (tertiary/aromatic N) is 1. The van der Waals surface area contributed by atoms with Gasteiger partial charge in [0.05, 0.1) is 19.4 Å². The normalized spacial score (nSPS) is 13.4. The molecule has 0 saturated heterocycles. The predicted octanol–water partition coefficient (Wildman–Crippen LogP) is 1.97. The van der Waals surface area contributed by atoms with Gasteiger partial charge < -0.3 is 14.5 Å². The van der Waals surface area contributed by atoms with E-state index in [0.29, 0.717) is 12.0 Å². The van der Waals surface area contributed by atoms with Crippen molar-refractivity contribution in [2.45, 2.75) is 26.4 Å². The second-order valence-electron chi connectivity index (χ2n) is 5.16. The zero-order valence-corrected chi connectivity index (χ0v) is 12.0. The van der Waals surface area contributed by atoms with Gasteiger partial charge in [-0.1, -0.05) is 13.8 Å². The Balaban J connectivity index is 2.39. The van der Waals surface area contributed by atoms with Gasteiger partial charge in [0.1, 0.15) is 5.76 Å². The first-order valence-corrected chi connectivity index (χ1v) is 6.55. The van der Waals surface area contributed by atoms with Crippen LogP contribution < -0.4 is 5.32 Å². The molecule has 0 aromatic carbocycles. The third-order valence-corrected chi connectivity index (χ3v) is 2.90. The van der Waals surface area contributed by atoms with Crippen molar-refractivity contribution in [2.24, 2.45) is 5.92 Å². The summed E-state index contributed by atoms with van der Waals surface area (Å²) in [6.45, 7) is 7.93. The number of hydrogen-bond donors (Lipinski definition) is 1. The van der Waals surface area contributed by atoms with Crippen LogP contribution in [0.2, 0.25) is 0 Å². The molecule has 0 bridgehead atoms. The summed E-state index contributed by atoms with van der Waals surface area (Å²) in [5.41, 5.74) is 0. The highest BCUT2D eigenvalue weighted by molar-refractivity contribution is 4.98. The summed E-state index contributed by atoms with van der Waals surface area (Å²) < 4.78 is 10.7. The van der Waals surface area contributed by atoms with E-state index >= 15 is 0 Å². The van der Waals surface area contributed by atoms with Gasteiger partial charge in [-0.25, -0.2) is 0 Å². The van der Waals surface area contributed by atoms with E-state index < -0.39 is 0 Å². The van der Waals surface area contributed by atoms with Crippen LogP contribution in [-0.2, 0) is 11.3 Å². The van der Waals surface area contributed by atoms with Crippen molar-refractivity contribution < 1.29 is 9.15 Å². The van der Waals surface area contributed by atoms with E-state index in [2.05, 4.69) is 31.1 Å². The molecular weight excluding hydrogens is 228 g/mol. The quantitative estimate of drug-likeness (QED) is 0.731. The lowest BCUT2D eigenvalue weighted by Gasteiger charge is -2.27. The Hall–Kier alpha value is -0.840. The molecule has 0 fully saturated rings. The highest BCUT2D eigenvalue weighted by Crippen LogP contribution is 2.07. The number of nitrogens with one attached hydrogen (secondary N) is 1. The summed E-state index contributed by atoms with van der Waals surface area (Å²) in [6, 6.07) is 4.28. The first kappa shape index (κ1) is 15.2. The second kappa shape index (κ2) is 8.29. The minimum atomic E-state index is 0.360. The van der Waals surface area contributed by atoms with Crippen LogP contribution in [0.3, 0.4) is 0 Å². The van der Waals surface area contributed by atoms with Crippen molar-refractivity contribution >= 4 is 0 Å². The SMILES string of the molecule is COCC(CNCC(C)C)N(C)Cc1ccco1. The van der Waals surface area contributed by atoms with Crippen molar-refractivity contribution in [3.8, 4) is 0 Å². The molecule has 1 unspecified atom stereocenters. The lowest BCUT2D eigenvalue weighted by atomic mass is 10.2. The van der Waals surface area contributed by atoms with Gasteiger partial charge in [0.15, 0.2) is 0 Å². The molecular formula is C14H26N2O2. The highest BCUT2D eigenvalue weighted by Gasteiger charge is 2.15. The molecule has 4 nitrogen and oxygen atoms in total. The summed E-state index contributed by atoms with van der Waals surface area (Å²) in [6.07, 6.45) is 1.71. The van der Waals surface area contributed by atoms with Gasteiger partial charge in [-0.15, -0.1) is 0 Å². The molecule has 4 heteroatoms. The van der Waals surface area contributed by atoms with Crippen LogP contribution in [0.4, 0.5) is 0 Å². The first-order valence-electron chi connectivity index (χ1n) is 6.55. The van der Waals surface area contributed by atoms with Crippen LogP contribution in [-0.4, -0.2) is 44.8 Å². The van der Waals surface area contributed by atoms with E-state index in [1.165, 1.54) is 0 Å². The minimum Gasteiger partial charge on any atom is -0.468 e. The van der Waals surface area contributed by atoms with Gasteiger partial charge in [0, 0.05) is 19.7 Å². The summed E-state index contributed by atoms with van der Waals surface area (Å²) in [5, 5.41) is 3.48. The lowest BCUT2D eigenvalue weighted by Crippen LogP contribution is -2.43. The number of ether oxygens (including phenoxy) is 1. The van der Waals surface area contributed by atoms with Gasteiger partial charge in [-0.05, 0) is 31.6 Å². The molecule has 0 aliphatic rings. The fourth-order valence-electron chi connectivity index (χ4n) is 1.85. The van der Waals surface area contributed by atoms with E-state index in [9.17, 15) is 0 Å². The Morgan fingerprint density at radius 3 is 2.72 bits per heavy atom. The highest BCUT2D eigenvalue weighted by atomic mass is 16.5. The molecule has 1 aromatic rings. The number of methoxy groups -OCH3 is 1. The molecule has 1 N–H and O–H groups in total. The van der Waals surface area contributed by atoms with E-state index in [1.807, 2.05) is 12.1 Å². The van der Waals surface area contributed by atoms with Crippen LogP contribution in [0.5, 0.6) is 0 Å². The van der Waals surface area contributed by atoms with Gasteiger partial charge in [0.2, 0.25) is 0 Å². The minimum absolute atomic E-state index is 0.360. The van der Waals surface area contributed by atoms with Crippen molar-refractivity contribution in [3.63, 3.8) is 0 Å². The molecule has 1 rings (SSSR count). The Bertz CT molecular complexity index is 299. The molecule has 1 aromatic heterocycles. The predicted molar refractivity (Wildman–Crippen MR) is 73.5 cm³/mol. The molecule has 0 saturated carbocycles. The zero-order chi connectivity index (χ0) is 13.4. The summed E-state index contributed by atoms with van der Waals surface area (Å²) in [5.74, 6) is 1.66. The largest absolute Gasteiger partial charge is 0.468 e. The number of hydrogen-bond acceptors (Lipinski definition) is 4. The average molecular weight is 254 g/mol. The Kier molecular flexibility index (Phi) is 7.01. The average Bonchev–Trinajstić information content (AvgIpc) is 2.80. The van der Waals surface area contributed by atoms with E-state index in [4.69, 9.17) is 9.15 Å². The molecule has 18 heavy (non-hydrogen) atoms. The Labute approximate surface area is 110 Å². The standard InChI is InChI=1S/C14H26N2O2/c1-12(2)8-15-9-13(11-17-4)16(3)10-14-6-5-7-18-14/h5-7,12-13,15H,8-11H2,1-4H3. The van der Waals surface area contributed by atoms with Crippen molar-refractivity contribution in [1.82, 2.24) is 10.2 Å². The third-order valence-electron chi connectivity index (χ3n) is 2.90. The Morgan fingerprint density at radius 2 is 2.17 bits per heavy atom. The van der Waals surface area contributed by atoms with E-state index in [0.717, 1.165) is 32.0 Å². The van der Waals surface area contributed by atoms with E-state index in [1.54, 1.807) is 13.4 Å². The van der Waals surface area contributed by atoms with Gasteiger partial charge in [0.25, 0.3) is 0 Å².